The quantitative estimate of drug-likeness (QED) is 0.810. The van der Waals surface area contributed by atoms with Crippen molar-refractivity contribution in [3.05, 3.63) is 23.9 Å². The molecule has 5 nitrogen and oxygen atoms in total. The largest absolute Gasteiger partial charge is 0.375 e. The third kappa shape index (κ3) is 3.80. The first-order chi connectivity index (χ1) is 8.24. The molecule has 1 unspecified atom stereocenters. The zero-order valence-electron chi connectivity index (χ0n) is 9.90. The maximum absolute atomic E-state index is 11.7. The van der Waals surface area contributed by atoms with Crippen molar-refractivity contribution in [1.29, 1.82) is 0 Å². The smallest absolute Gasteiger partial charge is 0.228 e. The lowest BCUT2D eigenvalue weighted by atomic mass is 10.2. The Bertz CT molecular complexity index is 389. The number of nitrogens with zero attached hydrogens (tertiary/aromatic N) is 1. The molecule has 1 fully saturated rings. The number of rotatable bonds is 3. The van der Waals surface area contributed by atoms with Gasteiger partial charge >= 0.3 is 0 Å². The van der Waals surface area contributed by atoms with Gasteiger partial charge in [0.2, 0.25) is 5.91 Å². The molecule has 1 saturated heterocycles. The number of hydrogen-bond acceptors (Lipinski definition) is 4. The molecule has 2 heterocycles. The van der Waals surface area contributed by atoms with Crippen LogP contribution < -0.4 is 10.6 Å². The minimum Gasteiger partial charge on any atom is -0.375 e. The van der Waals surface area contributed by atoms with Crippen LogP contribution in [-0.2, 0) is 9.53 Å². The van der Waals surface area contributed by atoms with Crippen LogP contribution in [0.5, 0.6) is 0 Å². The number of morpholine rings is 1. The first-order valence-electron chi connectivity index (χ1n) is 5.79. The Morgan fingerprint density at radius 1 is 1.71 bits per heavy atom. The van der Waals surface area contributed by atoms with Gasteiger partial charge in [-0.3, -0.25) is 4.79 Å². The number of amides is 1. The normalized spacial score (nSPS) is 19.9. The van der Waals surface area contributed by atoms with Gasteiger partial charge in [0.15, 0.2) is 0 Å². The van der Waals surface area contributed by atoms with Gasteiger partial charge in [0.1, 0.15) is 5.82 Å². The van der Waals surface area contributed by atoms with Crippen LogP contribution in [0.25, 0.3) is 0 Å². The highest BCUT2D eigenvalue weighted by Crippen LogP contribution is 2.08. The highest BCUT2D eigenvalue weighted by Gasteiger charge is 2.17. The molecule has 1 amide bonds. The average molecular weight is 235 g/mol. The van der Waals surface area contributed by atoms with Crippen molar-refractivity contribution in [2.75, 3.05) is 25.0 Å². The summed E-state index contributed by atoms with van der Waals surface area (Å²) in [4.78, 5) is 15.8. The monoisotopic (exact) mass is 235 g/mol. The van der Waals surface area contributed by atoms with E-state index in [0.29, 0.717) is 18.8 Å². The van der Waals surface area contributed by atoms with Gasteiger partial charge in [-0.25, -0.2) is 4.98 Å². The van der Waals surface area contributed by atoms with E-state index in [9.17, 15) is 4.79 Å². The first-order valence-corrected chi connectivity index (χ1v) is 5.79. The minimum atomic E-state index is -0.0585. The molecule has 1 aliphatic heterocycles. The Balaban J connectivity index is 1.84. The topological polar surface area (TPSA) is 63.2 Å². The predicted molar refractivity (Wildman–Crippen MR) is 64.8 cm³/mol. The summed E-state index contributed by atoms with van der Waals surface area (Å²) in [5, 5.41) is 5.96. The summed E-state index contributed by atoms with van der Waals surface area (Å²) in [7, 11) is 0. The molecular formula is C12H17N3O2. The number of anilines is 1. The van der Waals surface area contributed by atoms with E-state index in [2.05, 4.69) is 15.6 Å². The zero-order chi connectivity index (χ0) is 12.1. The van der Waals surface area contributed by atoms with Crippen molar-refractivity contribution in [3.8, 4) is 0 Å². The minimum absolute atomic E-state index is 0.0337. The van der Waals surface area contributed by atoms with Crippen LogP contribution in [0, 0.1) is 6.92 Å². The lowest BCUT2D eigenvalue weighted by molar-refractivity contribution is -0.119. The summed E-state index contributed by atoms with van der Waals surface area (Å²) in [6.07, 6.45) is 2.01. The predicted octanol–water partition coefficient (Wildman–Crippen LogP) is 0.707. The lowest BCUT2D eigenvalue weighted by Crippen LogP contribution is -2.40. The summed E-state index contributed by atoms with van der Waals surface area (Å²) >= 11 is 0. The zero-order valence-corrected chi connectivity index (χ0v) is 9.90. The lowest BCUT2D eigenvalue weighted by Gasteiger charge is -2.22. The summed E-state index contributed by atoms with van der Waals surface area (Å²) < 4.78 is 5.47. The molecule has 1 aromatic rings. The Kier molecular flexibility index (Phi) is 4.06. The van der Waals surface area contributed by atoms with Crippen LogP contribution in [0.15, 0.2) is 18.3 Å². The van der Waals surface area contributed by atoms with Gasteiger partial charge in [0, 0.05) is 19.3 Å². The molecule has 0 radical (unpaired) electrons. The van der Waals surface area contributed by atoms with Crippen LogP contribution in [0.3, 0.4) is 0 Å². The summed E-state index contributed by atoms with van der Waals surface area (Å²) in [6.45, 7) is 4.22. The van der Waals surface area contributed by atoms with E-state index in [1.165, 1.54) is 0 Å². The molecule has 1 aliphatic rings. The Morgan fingerprint density at radius 2 is 2.59 bits per heavy atom. The molecule has 5 heteroatoms. The second-order valence-electron chi connectivity index (χ2n) is 4.17. The van der Waals surface area contributed by atoms with Crippen molar-refractivity contribution >= 4 is 11.7 Å². The van der Waals surface area contributed by atoms with Gasteiger partial charge in [-0.15, -0.1) is 0 Å². The van der Waals surface area contributed by atoms with Gasteiger partial charge in [0.25, 0.3) is 0 Å². The highest BCUT2D eigenvalue weighted by molar-refractivity contribution is 5.90. The van der Waals surface area contributed by atoms with E-state index in [1.54, 1.807) is 6.20 Å². The van der Waals surface area contributed by atoms with Gasteiger partial charge in [-0.2, -0.15) is 0 Å². The Labute approximate surface area is 101 Å². The number of carbonyl (C=O) groups excluding carboxylic acids is 1. The molecular weight excluding hydrogens is 218 g/mol. The molecule has 0 spiro atoms. The number of nitrogens with one attached hydrogen (secondary N) is 2. The van der Waals surface area contributed by atoms with E-state index in [-0.39, 0.29) is 12.0 Å². The number of ether oxygens (including phenoxy) is 1. The molecule has 2 rings (SSSR count). The van der Waals surface area contributed by atoms with Crippen LogP contribution >= 0.6 is 0 Å². The van der Waals surface area contributed by atoms with Crippen LogP contribution in [0.2, 0.25) is 0 Å². The molecule has 0 aromatic carbocycles. The van der Waals surface area contributed by atoms with Crippen molar-refractivity contribution in [2.24, 2.45) is 0 Å². The first kappa shape index (κ1) is 12.0. The molecule has 2 N–H and O–H groups in total. The average Bonchev–Trinajstić information content (AvgIpc) is 2.30. The number of pyridine rings is 1. The second-order valence-corrected chi connectivity index (χ2v) is 4.17. The summed E-state index contributed by atoms with van der Waals surface area (Å²) in [5.74, 6) is 0.538. The molecule has 0 aliphatic carbocycles. The van der Waals surface area contributed by atoms with Gasteiger partial charge in [-0.05, 0) is 24.6 Å². The SMILES string of the molecule is Cc1ccnc(NC(=O)CC2CNCCO2)c1. The fourth-order valence-electron chi connectivity index (χ4n) is 1.76. The van der Waals surface area contributed by atoms with Gasteiger partial charge in [0.05, 0.1) is 19.1 Å². The van der Waals surface area contributed by atoms with Gasteiger partial charge in [-0.1, -0.05) is 0 Å². The van der Waals surface area contributed by atoms with E-state index >= 15 is 0 Å². The number of hydrogen-bond donors (Lipinski definition) is 2. The molecule has 92 valence electrons. The molecule has 0 saturated carbocycles. The van der Waals surface area contributed by atoms with Crippen LogP contribution in [0.4, 0.5) is 5.82 Å². The fraction of sp³-hybridized carbons (Fsp3) is 0.500. The van der Waals surface area contributed by atoms with Crippen molar-refractivity contribution in [3.63, 3.8) is 0 Å². The third-order valence-electron chi connectivity index (χ3n) is 2.60. The van der Waals surface area contributed by atoms with E-state index < -0.39 is 0 Å². The molecule has 1 atom stereocenters. The van der Waals surface area contributed by atoms with E-state index in [4.69, 9.17) is 4.74 Å². The Morgan fingerprint density at radius 3 is 3.29 bits per heavy atom. The van der Waals surface area contributed by atoms with Gasteiger partial charge < -0.3 is 15.4 Å². The van der Waals surface area contributed by atoms with Crippen molar-refractivity contribution < 1.29 is 9.53 Å². The maximum Gasteiger partial charge on any atom is 0.228 e. The van der Waals surface area contributed by atoms with Crippen LogP contribution in [-0.4, -0.2) is 36.7 Å². The second kappa shape index (κ2) is 5.75. The van der Waals surface area contributed by atoms with Crippen LogP contribution in [0.1, 0.15) is 12.0 Å². The van der Waals surface area contributed by atoms with E-state index in [0.717, 1.165) is 18.7 Å². The highest BCUT2D eigenvalue weighted by atomic mass is 16.5. The summed E-state index contributed by atoms with van der Waals surface area (Å²) in [6, 6.07) is 3.74. The standard InChI is InChI=1S/C12H17N3O2/c1-9-2-3-14-11(6-9)15-12(16)7-10-8-13-4-5-17-10/h2-3,6,10,13H,4-5,7-8H2,1H3,(H,14,15,16). The molecule has 0 bridgehead atoms. The number of carbonyl (C=O) groups is 1. The molecule has 1 aromatic heterocycles. The third-order valence-corrected chi connectivity index (χ3v) is 2.60. The maximum atomic E-state index is 11.7. The Hall–Kier alpha value is -1.46. The van der Waals surface area contributed by atoms with E-state index in [1.807, 2.05) is 19.1 Å². The molecule has 17 heavy (non-hydrogen) atoms. The summed E-state index contributed by atoms with van der Waals surface area (Å²) in [5.41, 5.74) is 1.07. The van der Waals surface area contributed by atoms with Crippen molar-refractivity contribution in [2.45, 2.75) is 19.4 Å². The number of aromatic nitrogens is 1. The van der Waals surface area contributed by atoms with Crippen molar-refractivity contribution in [1.82, 2.24) is 10.3 Å². The number of aryl methyl sites for hydroxylation is 1. The fourth-order valence-corrected chi connectivity index (χ4v) is 1.76.